The van der Waals surface area contributed by atoms with Gasteiger partial charge in [0, 0.05) is 37.9 Å². The van der Waals surface area contributed by atoms with E-state index in [1.54, 1.807) is 6.21 Å². The van der Waals surface area contributed by atoms with Crippen molar-refractivity contribution in [2.45, 2.75) is 58.5 Å². The summed E-state index contributed by atoms with van der Waals surface area (Å²) in [5.41, 5.74) is 0.0716. The van der Waals surface area contributed by atoms with E-state index in [4.69, 9.17) is 10.5 Å². The number of piperidine rings is 1. The minimum atomic E-state index is -0.313. The Labute approximate surface area is 175 Å². The summed E-state index contributed by atoms with van der Waals surface area (Å²) in [4.78, 5) is 16.1. The molecule has 6 unspecified atom stereocenters. The lowest BCUT2D eigenvalue weighted by Crippen LogP contribution is -2.48. The highest BCUT2D eigenvalue weighted by molar-refractivity contribution is 6.38. The van der Waals surface area contributed by atoms with E-state index in [2.05, 4.69) is 46.9 Å². The van der Waals surface area contributed by atoms with Gasteiger partial charge in [0.15, 0.2) is 0 Å². The Morgan fingerprint density at radius 1 is 1.41 bits per heavy atom. The van der Waals surface area contributed by atoms with Crippen LogP contribution in [0.1, 0.15) is 46.5 Å². The number of aliphatic hydroxyl groups excluding tert-OH is 1. The van der Waals surface area contributed by atoms with Crippen LogP contribution in [0.4, 0.5) is 0 Å². The van der Waals surface area contributed by atoms with Gasteiger partial charge in [0.05, 0.1) is 0 Å². The molecular formula is C22H39N5O2. The molecule has 29 heavy (non-hydrogen) atoms. The number of nitrogens with one attached hydrogen (secondary N) is 4. The molecule has 2 aliphatic rings. The third kappa shape index (κ3) is 7.64. The van der Waals surface area contributed by atoms with Crippen molar-refractivity contribution in [2.75, 3.05) is 26.4 Å². The van der Waals surface area contributed by atoms with Crippen LogP contribution in [0, 0.1) is 29.1 Å². The smallest absolute Gasteiger partial charge is 0.266 e. The largest absolute Gasteiger partial charge is 0.375 e. The summed E-state index contributed by atoms with van der Waals surface area (Å²) in [6.07, 6.45) is 10.9. The van der Waals surface area contributed by atoms with Gasteiger partial charge < -0.3 is 21.1 Å². The molecule has 5 N–H and O–H groups in total. The number of amides is 1. The highest BCUT2D eigenvalue weighted by atomic mass is 16.3. The van der Waals surface area contributed by atoms with Gasteiger partial charge in [0.1, 0.15) is 12.4 Å². The van der Waals surface area contributed by atoms with Gasteiger partial charge >= 0.3 is 0 Å². The van der Waals surface area contributed by atoms with E-state index in [1.165, 1.54) is 19.3 Å². The molecule has 1 saturated heterocycles. The van der Waals surface area contributed by atoms with Gasteiger partial charge in [-0.15, -0.1) is 0 Å². The maximum absolute atomic E-state index is 12.2. The summed E-state index contributed by atoms with van der Waals surface area (Å²) >= 11 is 0. The van der Waals surface area contributed by atoms with Crippen molar-refractivity contribution < 1.29 is 9.90 Å². The molecule has 6 atom stereocenters. The zero-order valence-electron chi connectivity index (χ0n) is 18.2. The van der Waals surface area contributed by atoms with E-state index < -0.39 is 0 Å². The van der Waals surface area contributed by atoms with E-state index in [9.17, 15) is 4.79 Å². The highest BCUT2D eigenvalue weighted by Crippen LogP contribution is 2.31. The second-order valence-corrected chi connectivity index (χ2v) is 8.63. The lowest BCUT2D eigenvalue weighted by molar-refractivity contribution is -0.115. The van der Waals surface area contributed by atoms with Crippen LogP contribution in [0.25, 0.3) is 0 Å². The van der Waals surface area contributed by atoms with Crippen molar-refractivity contribution in [3.05, 3.63) is 12.2 Å². The Morgan fingerprint density at radius 3 is 2.93 bits per heavy atom. The topological polar surface area (TPSA) is 110 Å². The number of aliphatic imine (C=N–C) groups is 1. The molecule has 7 heteroatoms. The molecule has 164 valence electrons. The van der Waals surface area contributed by atoms with Crippen LogP contribution < -0.4 is 16.0 Å². The van der Waals surface area contributed by atoms with Gasteiger partial charge in [0.2, 0.25) is 0 Å². The maximum Gasteiger partial charge on any atom is 0.266 e. The summed E-state index contributed by atoms with van der Waals surface area (Å²) in [6, 6.07) is 1.11. The van der Waals surface area contributed by atoms with E-state index in [-0.39, 0.29) is 36.7 Å². The molecular weight excluding hydrogens is 366 g/mol. The van der Waals surface area contributed by atoms with Crippen LogP contribution in [-0.4, -0.2) is 61.4 Å². The predicted molar refractivity (Wildman–Crippen MR) is 118 cm³/mol. The van der Waals surface area contributed by atoms with E-state index >= 15 is 0 Å². The fraction of sp³-hybridized carbons (Fsp3) is 0.773. The third-order valence-electron chi connectivity index (χ3n) is 6.35. The van der Waals surface area contributed by atoms with E-state index in [1.807, 2.05) is 6.92 Å². The number of hydrogen-bond acceptors (Lipinski definition) is 6. The lowest BCUT2D eigenvalue weighted by Gasteiger charge is -2.39. The van der Waals surface area contributed by atoms with Crippen LogP contribution in [-0.2, 0) is 4.79 Å². The van der Waals surface area contributed by atoms with Crippen molar-refractivity contribution in [1.29, 1.82) is 5.41 Å². The third-order valence-corrected chi connectivity index (χ3v) is 6.35. The quantitative estimate of drug-likeness (QED) is 0.266. The predicted octanol–water partition coefficient (Wildman–Crippen LogP) is 1.73. The van der Waals surface area contributed by atoms with Gasteiger partial charge in [-0.2, -0.15) is 0 Å². The minimum Gasteiger partial charge on any atom is -0.375 e. The number of fused-ring (bicyclic) bond motifs is 1. The summed E-state index contributed by atoms with van der Waals surface area (Å²) in [6.45, 7) is 7.73. The summed E-state index contributed by atoms with van der Waals surface area (Å²) < 4.78 is 0. The van der Waals surface area contributed by atoms with Crippen molar-refractivity contribution in [2.24, 2.45) is 28.7 Å². The van der Waals surface area contributed by atoms with Gasteiger partial charge in [-0.25, -0.2) is 0 Å². The first-order valence-electron chi connectivity index (χ1n) is 11.1. The Hall–Kier alpha value is -1.57. The molecule has 1 aliphatic heterocycles. The zero-order valence-corrected chi connectivity index (χ0v) is 18.2. The summed E-state index contributed by atoms with van der Waals surface area (Å²) in [5, 5.41) is 26.7. The molecule has 1 aliphatic carbocycles. The highest BCUT2D eigenvalue weighted by Gasteiger charge is 2.30. The fourth-order valence-electron chi connectivity index (χ4n) is 4.39. The first kappa shape index (κ1) is 23.7. The number of aliphatic hydroxyl groups is 1. The van der Waals surface area contributed by atoms with E-state index in [0.717, 1.165) is 13.0 Å². The van der Waals surface area contributed by atoms with Crippen molar-refractivity contribution >= 4 is 17.8 Å². The van der Waals surface area contributed by atoms with Crippen LogP contribution in [0.15, 0.2) is 17.1 Å². The van der Waals surface area contributed by atoms with Gasteiger partial charge in [-0.3, -0.25) is 15.2 Å². The normalized spacial score (nSPS) is 28.7. The van der Waals surface area contributed by atoms with Crippen molar-refractivity contribution in [1.82, 2.24) is 16.0 Å². The number of carbonyl (C=O) groups excluding carboxylic acids is 1. The number of hydrogen-bond donors (Lipinski definition) is 5. The van der Waals surface area contributed by atoms with Gasteiger partial charge in [0.25, 0.3) is 5.91 Å². The first-order chi connectivity index (χ1) is 13.9. The van der Waals surface area contributed by atoms with Crippen LogP contribution in [0.5, 0.6) is 0 Å². The molecule has 7 nitrogen and oxygen atoms in total. The summed E-state index contributed by atoms with van der Waals surface area (Å²) in [5.74, 6) is 1.26. The molecule has 0 aromatic heterocycles. The number of carbonyl (C=O) groups is 1. The second kappa shape index (κ2) is 12.2. The first-order valence-corrected chi connectivity index (χ1v) is 11.1. The Bertz CT molecular complexity index is 592. The summed E-state index contributed by atoms with van der Waals surface area (Å²) in [7, 11) is 0. The molecule has 0 radical (unpaired) electrons. The molecule has 0 aromatic rings. The van der Waals surface area contributed by atoms with Crippen molar-refractivity contribution in [3.63, 3.8) is 0 Å². The zero-order chi connectivity index (χ0) is 21.2. The standard InChI is InChI=1S/C22H39N5O2/c1-4-18(15(2)10-25-14-28)12-26-22(29)20(23)13-24-11-17-6-8-21-19(9-17)7-5-16(3)27-21/h6,8,10,15-19,21,23-24,27-28H,4-5,7,9,11-14H2,1-3H3,(H,26,29). The Balaban J connectivity index is 1.67. The molecule has 1 amide bonds. The van der Waals surface area contributed by atoms with Crippen molar-refractivity contribution in [3.8, 4) is 0 Å². The molecule has 0 saturated carbocycles. The molecule has 0 aromatic carbocycles. The fourth-order valence-corrected chi connectivity index (χ4v) is 4.39. The van der Waals surface area contributed by atoms with Gasteiger partial charge in [-0.05, 0) is 49.9 Å². The van der Waals surface area contributed by atoms with Crippen LogP contribution in [0.2, 0.25) is 0 Å². The van der Waals surface area contributed by atoms with Gasteiger partial charge in [-0.1, -0.05) is 32.4 Å². The monoisotopic (exact) mass is 405 g/mol. The molecule has 0 spiro atoms. The molecule has 1 heterocycles. The number of rotatable bonds is 11. The number of nitrogens with zero attached hydrogens (tertiary/aromatic N) is 1. The lowest BCUT2D eigenvalue weighted by atomic mass is 9.77. The average molecular weight is 406 g/mol. The average Bonchev–Trinajstić information content (AvgIpc) is 2.72. The second-order valence-electron chi connectivity index (χ2n) is 8.63. The van der Waals surface area contributed by atoms with Crippen LogP contribution >= 0.6 is 0 Å². The molecule has 0 bridgehead atoms. The SMILES string of the molecule is CCC(CNC(=O)C(=N)CNCC1C=CC2NC(C)CCC2C1)C(C)C=NCO. The Kier molecular flexibility index (Phi) is 9.97. The van der Waals surface area contributed by atoms with E-state index in [0.29, 0.717) is 30.5 Å². The molecule has 2 rings (SSSR count). The Morgan fingerprint density at radius 2 is 2.21 bits per heavy atom. The molecule has 1 fully saturated rings. The van der Waals surface area contributed by atoms with Crippen LogP contribution in [0.3, 0.4) is 0 Å². The maximum atomic E-state index is 12.2. The minimum absolute atomic E-state index is 0.0716.